The van der Waals surface area contributed by atoms with Crippen LogP contribution in [0.4, 0.5) is 0 Å². The van der Waals surface area contributed by atoms with Gasteiger partial charge in [0.15, 0.2) is 0 Å². The third kappa shape index (κ3) is 2.91. The SMILES string of the molecule is CC=C[C@H](C)Cc1ccccc1. The minimum Gasteiger partial charge on any atom is -0.0914 e. The molecule has 0 spiro atoms. The van der Waals surface area contributed by atoms with Crippen LogP contribution in [-0.4, -0.2) is 0 Å². The maximum atomic E-state index is 2.24. The summed E-state index contributed by atoms with van der Waals surface area (Å²) >= 11 is 0. The van der Waals surface area contributed by atoms with Crippen molar-refractivity contribution in [3.8, 4) is 0 Å². The number of benzene rings is 1. The summed E-state index contributed by atoms with van der Waals surface area (Å²) in [6, 6.07) is 10.6. The fourth-order valence-corrected chi connectivity index (χ4v) is 1.38. The maximum Gasteiger partial charge on any atom is -0.0218 e. The standard InChI is InChI=1S/C12H16/c1-3-7-11(2)10-12-8-5-4-6-9-12/h3-9,11H,10H2,1-2H3/t11-/m0/s1. The molecule has 0 N–H and O–H groups in total. The van der Waals surface area contributed by atoms with E-state index in [2.05, 4.69) is 56.3 Å². The molecule has 0 amide bonds. The molecular weight excluding hydrogens is 144 g/mol. The molecule has 0 heteroatoms. The van der Waals surface area contributed by atoms with Crippen LogP contribution in [0.3, 0.4) is 0 Å². The molecule has 0 aliphatic carbocycles. The first kappa shape index (κ1) is 9.05. The molecular formula is C12H16. The topological polar surface area (TPSA) is 0 Å². The van der Waals surface area contributed by atoms with E-state index in [1.165, 1.54) is 5.56 Å². The van der Waals surface area contributed by atoms with Crippen LogP contribution in [0.2, 0.25) is 0 Å². The number of rotatable bonds is 3. The Balaban J connectivity index is 2.52. The van der Waals surface area contributed by atoms with Crippen molar-refractivity contribution in [2.45, 2.75) is 20.3 Å². The molecule has 0 aromatic heterocycles. The van der Waals surface area contributed by atoms with Crippen molar-refractivity contribution in [1.82, 2.24) is 0 Å². The second-order valence-electron chi connectivity index (χ2n) is 3.19. The van der Waals surface area contributed by atoms with Crippen molar-refractivity contribution in [2.24, 2.45) is 5.92 Å². The monoisotopic (exact) mass is 160 g/mol. The lowest BCUT2D eigenvalue weighted by Gasteiger charge is -2.04. The Morgan fingerprint density at radius 1 is 1.25 bits per heavy atom. The van der Waals surface area contributed by atoms with Gasteiger partial charge in [-0.1, -0.05) is 49.4 Å². The summed E-state index contributed by atoms with van der Waals surface area (Å²) in [4.78, 5) is 0. The first-order valence-corrected chi connectivity index (χ1v) is 4.49. The molecule has 0 aliphatic heterocycles. The number of allylic oxidation sites excluding steroid dienone is 2. The fraction of sp³-hybridized carbons (Fsp3) is 0.333. The van der Waals surface area contributed by atoms with Crippen molar-refractivity contribution in [1.29, 1.82) is 0 Å². The molecule has 1 atom stereocenters. The summed E-state index contributed by atoms with van der Waals surface area (Å²) in [7, 11) is 0. The van der Waals surface area contributed by atoms with Gasteiger partial charge in [-0.15, -0.1) is 0 Å². The van der Waals surface area contributed by atoms with E-state index in [1.807, 2.05) is 0 Å². The van der Waals surface area contributed by atoms with Crippen LogP contribution in [0, 0.1) is 5.92 Å². The van der Waals surface area contributed by atoms with Gasteiger partial charge in [0, 0.05) is 0 Å². The number of hydrogen-bond donors (Lipinski definition) is 0. The van der Waals surface area contributed by atoms with Gasteiger partial charge in [0.1, 0.15) is 0 Å². The van der Waals surface area contributed by atoms with Crippen LogP contribution in [0.1, 0.15) is 19.4 Å². The molecule has 64 valence electrons. The minimum absolute atomic E-state index is 0.650. The highest BCUT2D eigenvalue weighted by molar-refractivity contribution is 5.15. The lowest BCUT2D eigenvalue weighted by molar-refractivity contribution is 0.722. The zero-order chi connectivity index (χ0) is 8.81. The second-order valence-corrected chi connectivity index (χ2v) is 3.19. The van der Waals surface area contributed by atoms with Crippen LogP contribution >= 0.6 is 0 Å². The van der Waals surface area contributed by atoms with Gasteiger partial charge in [-0.3, -0.25) is 0 Å². The van der Waals surface area contributed by atoms with Crippen LogP contribution in [0.5, 0.6) is 0 Å². The zero-order valence-electron chi connectivity index (χ0n) is 7.83. The van der Waals surface area contributed by atoms with Gasteiger partial charge in [0.05, 0.1) is 0 Å². The summed E-state index contributed by atoms with van der Waals surface area (Å²) in [5.41, 5.74) is 1.42. The summed E-state index contributed by atoms with van der Waals surface area (Å²) in [6.07, 6.45) is 5.51. The summed E-state index contributed by atoms with van der Waals surface area (Å²) in [6.45, 7) is 4.31. The highest BCUT2D eigenvalue weighted by atomic mass is 14.0. The van der Waals surface area contributed by atoms with E-state index in [-0.39, 0.29) is 0 Å². The van der Waals surface area contributed by atoms with E-state index in [4.69, 9.17) is 0 Å². The van der Waals surface area contributed by atoms with Gasteiger partial charge in [0.25, 0.3) is 0 Å². The average molecular weight is 160 g/mol. The minimum atomic E-state index is 0.650. The smallest absolute Gasteiger partial charge is 0.0218 e. The predicted molar refractivity (Wildman–Crippen MR) is 54.1 cm³/mol. The van der Waals surface area contributed by atoms with Crippen LogP contribution in [-0.2, 0) is 6.42 Å². The van der Waals surface area contributed by atoms with Gasteiger partial charge < -0.3 is 0 Å². The average Bonchev–Trinajstić information content (AvgIpc) is 2.06. The molecule has 1 aromatic carbocycles. The first-order valence-electron chi connectivity index (χ1n) is 4.49. The van der Waals surface area contributed by atoms with Crippen LogP contribution in [0.15, 0.2) is 42.5 Å². The Morgan fingerprint density at radius 3 is 2.50 bits per heavy atom. The Kier molecular flexibility index (Phi) is 3.59. The maximum absolute atomic E-state index is 2.24. The first-order chi connectivity index (χ1) is 5.83. The molecule has 12 heavy (non-hydrogen) atoms. The van der Waals surface area contributed by atoms with Crippen molar-refractivity contribution in [2.75, 3.05) is 0 Å². The van der Waals surface area contributed by atoms with Crippen LogP contribution < -0.4 is 0 Å². The molecule has 0 fully saturated rings. The van der Waals surface area contributed by atoms with E-state index in [1.54, 1.807) is 0 Å². The molecule has 0 nitrogen and oxygen atoms in total. The van der Waals surface area contributed by atoms with Gasteiger partial charge in [-0.2, -0.15) is 0 Å². The molecule has 0 bridgehead atoms. The lowest BCUT2D eigenvalue weighted by Crippen LogP contribution is -1.94. The second kappa shape index (κ2) is 4.76. The van der Waals surface area contributed by atoms with Gasteiger partial charge in [0.2, 0.25) is 0 Å². The van der Waals surface area contributed by atoms with Crippen molar-refractivity contribution in [3.05, 3.63) is 48.0 Å². The zero-order valence-corrected chi connectivity index (χ0v) is 7.83. The summed E-state index contributed by atoms with van der Waals surface area (Å²) in [5.74, 6) is 0.650. The molecule has 1 rings (SSSR count). The molecule has 0 aliphatic rings. The Hall–Kier alpha value is -1.04. The molecule has 0 saturated heterocycles. The lowest BCUT2D eigenvalue weighted by atomic mass is 10.0. The van der Waals surface area contributed by atoms with E-state index in [0.29, 0.717) is 5.92 Å². The molecule has 0 heterocycles. The van der Waals surface area contributed by atoms with Crippen molar-refractivity contribution >= 4 is 0 Å². The van der Waals surface area contributed by atoms with E-state index >= 15 is 0 Å². The fourth-order valence-electron chi connectivity index (χ4n) is 1.38. The molecule has 0 saturated carbocycles. The quantitative estimate of drug-likeness (QED) is 0.594. The van der Waals surface area contributed by atoms with Crippen molar-refractivity contribution in [3.63, 3.8) is 0 Å². The highest BCUT2D eigenvalue weighted by Crippen LogP contribution is 2.08. The third-order valence-electron chi connectivity index (χ3n) is 1.92. The van der Waals surface area contributed by atoms with Gasteiger partial charge >= 0.3 is 0 Å². The van der Waals surface area contributed by atoms with E-state index < -0.39 is 0 Å². The van der Waals surface area contributed by atoms with Gasteiger partial charge in [-0.05, 0) is 24.8 Å². The molecule has 0 radical (unpaired) electrons. The third-order valence-corrected chi connectivity index (χ3v) is 1.92. The van der Waals surface area contributed by atoms with E-state index in [9.17, 15) is 0 Å². The van der Waals surface area contributed by atoms with Gasteiger partial charge in [-0.25, -0.2) is 0 Å². The predicted octanol–water partition coefficient (Wildman–Crippen LogP) is 3.44. The normalized spacial score (nSPS) is 13.5. The summed E-state index contributed by atoms with van der Waals surface area (Å²) < 4.78 is 0. The Bertz CT molecular complexity index is 233. The van der Waals surface area contributed by atoms with Crippen molar-refractivity contribution < 1.29 is 0 Å². The van der Waals surface area contributed by atoms with Crippen LogP contribution in [0.25, 0.3) is 0 Å². The Labute approximate surface area is 74.9 Å². The summed E-state index contributed by atoms with van der Waals surface area (Å²) in [5, 5.41) is 0. The number of hydrogen-bond acceptors (Lipinski definition) is 0. The highest BCUT2D eigenvalue weighted by Gasteiger charge is 1.97. The Morgan fingerprint density at radius 2 is 1.92 bits per heavy atom. The largest absolute Gasteiger partial charge is 0.0914 e. The van der Waals surface area contributed by atoms with E-state index in [0.717, 1.165) is 6.42 Å². The molecule has 0 unspecified atom stereocenters. The molecule has 1 aromatic rings.